The van der Waals surface area contributed by atoms with E-state index >= 15 is 0 Å². The first-order valence-electron chi connectivity index (χ1n) is 14.3. The highest BCUT2D eigenvalue weighted by atomic mass is 16.5. The fraction of sp³-hybridized carbons (Fsp3) is 0.500. The number of hydrogen-bond acceptors (Lipinski definition) is 6. The smallest absolute Gasteiger partial charge is 0.295 e. The number of ketones is 1. The molecule has 3 rings (SSSR count). The number of Topliss-reactive ketones (excluding diaryl/α,β-unsaturated/α-hetero) is 1. The third-order valence-electron chi connectivity index (χ3n) is 7.05. The van der Waals surface area contributed by atoms with E-state index < -0.39 is 17.7 Å². The Balaban J connectivity index is 1.98. The monoisotopic (exact) mass is 536 g/mol. The molecule has 7 nitrogen and oxygen atoms in total. The molecule has 1 atom stereocenters. The van der Waals surface area contributed by atoms with Crippen molar-refractivity contribution >= 4 is 17.4 Å². The zero-order valence-electron chi connectivity index (χ0n) is 24.1. The number of carbonyl (C=O) groups excluding carboxylic acids is 2. The molecule has 0 aromatic heterocycles. The quantitative estimate of drug-likeness (QED) is 0.170. The van der Waals surface area contributed by atoms with E-state index in [2.05, 4.69) is 32.6 Å². The van der Waals surface area contributed by atoms with Gasteiger partial charge in [0, 0.05) is 12.1 Å². The van der Waals surface area contributed by atoms with Crippen LogP contribution in [0.2, 0.25) is 0 Å². The van der Waals surface area contributed by atoms with Crippen molar-refractivity contribution in [3.05, 3.63) is 65.2 Å². The number of amides is 1. The van der Waals surface area contributed by atoms with Crippen molar-refractivity contribution in [1.29, 1.82) is 0 Å². The van der Waals surface area contributed by atoms with Crippen molar-refractivity contribution in [3.63, 3.8) is 0 Å². The molecule has 1 fully saturated rings. The Kier molecular flexibility index (Phi) is 11.4. The van der Waals surface area contributed by atoms with Gasteiger partial charge < -0.3 is 24.4 Å². The molecule has 1 N–H and O–H groups in total. The second-order valence-electron chi connectivity index (χ2n) is 10.3. The summed E-state index contributed by atoms with van der Waals surface area (Å²) in [5.74, 6) is 0.447. The predicted molar refractivity (Wildman–Crippen MR) is 155 cm³/mol. The minimum atomic E-state index is -0.702. The van der Waals surface area contributed by atoms with Gasteiger partial charge in [0.05, 0.1) is 24.8 Å². The molecule has 1 aliphatic rings. The Bertz CT molecular complexity index is 1120. The van der Waals surface area contributed by atoms with Crippen LogP contribution in [-0.2, 0) is 9.59 Å². The van der Waals surface area contributed by atoms with E-state index in [1.54, 1.807) is 29.2 Å². The summed E-state index contributed by atoms with van der Waals surface area (Å²) in [7, 11) is 0. The van der Waals surface area contributed by atoms with E-state index in [1.807, 2.05) is 31.2 Å². The molecule has 1 saturated heterocycles. The molecular weight excluding hydrogens is 492 g/mol. The average Bonchev–Trinajstić information content (AvgIpc) is 3.19. The SMILES string of the molecule is CCCOc1ccc(C(O)=C2C(=O)C(=O)N(CCCN(CC)CC)C2c2cccc(OCCC(C)C)c2)cc1. The first-order chi connectivity index (χ1) is 18.8. The van der Waals surface area contributed by atoms with Crippen molar-refractivity contribution < 1.29 is 24.2 Å². The summed E-state index contributed by atoms with van der Waals surface area (Å²) in [4.78, 5) is 30.6. The van der Waals surface area contributed by atoms with Crippen LogP contribution >= 0.6 is 0 Å². The van der Waals surface area contributed by atoms with Gasteiger partial charge in [0.15, 0.2) is 0 Å². The number of ether oxygens (including phenoxy) is 2. The summed E-state index contributed by atoms with van der Waals surface area (Å²) in [6.07, 6.45) is 2.53. The molecule has 1 aliphatic heterocycles. The van der Waals surface area contributed by atoms with Crippen molar-refractivity contribution in [2.24, 2.45) is 5.92 Å². The van der Waals surface area contributed by atoms with Crippen LogP contribution < -0.4 is 9.47 Å². The van der Waals surface area contributed by atoms with Crippen LogP contribution in [0.4, 0.5) is 0 Å². The van der Waals surface area contributed by atoms with Gasteiger partial charge >= 0.3 is 0 Å². The van der Waals surface area contributed by atoms with Crippen LogP contribution in [0.5, 0.6) is 11.5 Å². The standard InChI is InChI=1S/C32H44N2O5/c1-6-20-38-26-15-13-24(14-16-26)30(35)28-29(25-11-9-12-27(22-25)39-21-17-23(4)5)34(32(37)31(28)36)19-10-18-33(7-2)8-3/h9,11-16,22-23,29,35H,6-8,10,17-21H2,1-5H3. The molecule has 0 spiro atoms. The third kappa shape index (κ3) is 7.85. The van der Waals surface area contributed by atoms with Gasteiger partial charge in [-0.15, -0.1) is 0 Å². The Hall–Kier alpha value is -3.32. The zero-order chi connectivity index (χ0) is 28.4. The van der Waals surface area contributed by atoms with E-state index in [0.29, 0.717) is 42.7 Å². The third-order valence-corrected chi connectivity index (χ3v) is 7.05. The lowest BCUT2D eigenvalue weighted by molar-refractivity contribution is -0.140. The molecule has 2 aromatic carbocycles. The number of rotatable bonds is 15. The van der Waals surface area contributed by atoms with Gasteiger partial charge in [-0.3, -0.25) is 9.59 Å². The molecule has 7 heteroatoms. The summed E-state index contributed by atoms with van der Waals surface area (Å²) < 4.78 is 11.6. The van der Waals surface area contributed by atoms with Gasteiger partial charge in [-0.1, -0.05) is 46.8 Å². The van der Waals surface area contributed by atoms with Crippen molar-refractivity contribution in [1.82, 2.24) is 9.80 Å². The van der Waals surface area contributed by atoms with Gasteiger partial charge in [-0.2, -0.15) is 0 Å². The van der Waals surface area contributed by atoms with Crippen LogP contribution in [0.15, 0.2) is 54.1 Å². The minimum Gasteiger partial charge on any atom is -0.507 e. The Morgan fingerprint density at radius 2 is 1.67 bits per heavy atom. The second-order valence-corrected chi connectivity index (χ2v) is 10.3. The van der Waals surface area contributed by atoms with Gasteiger partial charge in [-0.25, -0.2) is 0 Å². The number of hydrogen-bond donors (Lipinski definition) is 1. The van der Waals surface area contributed by atoms with Gasteiger partial charge in [-0.05, 0) is 86.8 Å². The van der Waals surface area contributed by atoms with Crippen molar-refractivity contribution in [2.75, 3.05) is 39.4 Å². The Morgan fingerprint density at radius 3 is 2.31 bits per heavy atom. The highest BCUT2D eigenvalue weighted by molar-refractivity contribution is 6.46. The topological polar surface area (TPSA) is 79.3 Å². The molecule has 0 bridgehead atoms. The Morgan fingerprint density at radius 1 is 0.974 bits per heavy atom. The Labute approximate surface area is 233 Å². The van der Waals surface area contributed by atoms with E-state index in [-0.39, 0.29) is 11.3 Å². The lowest BCUT2D eigenvalue weighted by atomic mass is 9.95. The maximum absolute atomic E-state index is 13.4. The lowest BCUT2D eigenvalue weighted by Gasteiger charge is -2.27. The average molecular weight is 537 g/mol. The predicted octanol–water partition coefficient (Wildman–Crippen LogP) is 6.05. The second kappa shape index (κ2) is 14.7. The molecule has 0 radical (unpaired) electrons. The molecule has 1 amide bonds. The first-order valence-corrected chi connectivity index (χ1v) is 14.3. The highest BCUT2D eigenvalue weighted by Crippen LogP contribution is 2.40. The van der Waals surface area contributed by atoms with Crippen LogP contribution in [0.3, 0.4) is 0 Å². The molecule has 1 heterocycles. The normalized spacial score (nSPS) is 16.9. The van der Waals surface area contributed by atoms with Crippen molar-refractivity contribution in [3.8, 4) is 11.5 Å². The van der Waals surface area contributed by atoms with E-state index in [4.69, 9.17) is 9.47 Å². The number of carbonyl (C=O) groups is 2. The molecule has 2 aromatic rings. The highest BCUT2D eigenvalue weighted by Gasteiger charge is 2.46. The molecular formula is C32H44N2O5. The molecule has 1 unspecified atom stereocenters. The van der Waals surface area contributed by atoms with Crippen LogP contribution in [0.25, 0.3) is 5.76 Å². The fourth-order valence-corrected chi connectivity index (χ4v) is 4.73. The zero-order valence-corrected chi connectivity index (χ0v) is 24.1. The number of benzene rings is 2. The molecule has 0 saturated carbocycles. The lowest BCUT2D eigenvalue weighted by Crippen LogP contribution is -2.33. The molecule has 0 aliphatic carbocycles. The number of aliphatic hydroxyl groups excluding tert-OH is 1. The van der Waals surface area contributed by atoms with Gasteiger partial charge in [0.2, 0.25) is 0 Å². The van der Waals surface area contributed by atoms with E-state index in [0.717, 1.165) is 44.5 Å². The number of likely N-dealkylation sites (tertiary alicyclic amines) is 1. The van der Waals surface area contributed by atoms with Crippen molar-refractivity contribution in [2.45, 2.75) is 59.9 Å². The number of aliphatic hydroxyl groups is 1. The summed E-state index contributed by atoms with van der Waals surface area (Å²) in [5.41, 5.74) is 1.31. The largest absolute Gasteiger partial charge is 0.507 e. The summed E-state index contributed by atoms with van der Waals surface area (Å²) in [6, 6.07) is 13.8. The fourth-order valence-electron chi connectivity index (χ4n) is 4.73. The minimum absolute atomic E-state index is 0.101. The van der Waals surface area contributed by atoms with Crippen LogP contribution in [0.1, 0.15) is 71.0 Å². The maximum atomic E-state index is 13.4. The summed E-state index contributed by atoms with van der Waals surface area (Å²) in [5, 5.41) is 11.4. The number of nitrogens with zero attached hydrogens (tertiary/aromatic N) is 2. The first kappa shape index (κ1) is 30.2. The van der Waals surface area contributed by atoms with Crippen LogP contribution in [-0.4, -0.2) is 66.0 Å². The van der Waals surface area contributed by atoms with E-state index in [1.165, 1.54) is 0 Å². The van der Waals surface area contributed by atoms with E-state index in [9.17, 15) is 14.7 Å². The maximum Gasteiger partial charge on any atom is 0.295 e. The van der Waals surface area contributed by atoms with Gasteiger partial charge in [0.25, 0.3) is 11.7 Å². The molecule has 212 valence electrons. The molecule has 39 heavy (non-hydrogen) atoms. The summed E-state index contributed by atoms with van der Waals surface area (Å²) in [6.45, 7) is 14.8. The van der Waals surface area contributed by atoms with Crippen LogP contribution in [0, 0.1) is 5.92 Å². The summed E-state index contributed by atoms with van der Waals surface area (Å²) >= 11 is 0. The van der Waals surface area contributed by atoms with Gasteiger partial charge in [0.1, 0.15) is 17.3 Å².